The molecule has 1 atom stereocenters. The second kappa shape index (κ2) is 6.79. The monoisotopic (exact) mass is 280 g/mol. The van der Waals surface area contributed by atoms with Crippen LogP contribution in [0.5, 0.6) is 5.75 Å². The van der Waals surface area contributed by atoms with Crippen molar-refractivity contribution in [2.45, 2.75) is 32.9 Å². The average Bonchev–Trinajstić information content (AvgIpc) is 2.37. The first-order valence-corrected chi connectivity index (χ1v) is 6.30. The number of hydrogen-bond donors (Lipinski definition) is 2. The summed E-state index contributed by atoms with van der Waals surface area (Å²) in [5, 5.41) is 2.67. The van der Waals surface area contributed by atoms with Crippen LogP contribution in [0.4, 0.5) is 5.69 Å². The van der Waals surface area contributed by atoms with Gasteiger partial charge in [0.25, 0.3) is 5.91 Å². The van der Waals surface area contributed by atoms with Gasteiger partial charge in [-0.2, -0.15) is 0 Å². The van der Waals surface area contributed by atoms with Gasteiger partial charge >= 0.3 is 5.97 Å². The number of nitrogens with two attached hydrogens (primary N) is 1. The number of nitrogens with one attached hydrogen (secondary N) is 1. The van der Waals surface area contributed by atoms with Gasteiger partial charge in [-0.1, -0.05) is 0 Å². The Morgan fingerprint density at radius 2 is 1.90 bits per heavy atom. The van der Waals surface area contributed by atoms with E-state index in [1.165, 1.54) is 20.1 Å². The number of amides is 1. The van der Waals surface area contributed by atoms with Crippen molar-refractivity contribution in [3.63, 3.8) is 0 Å². The fourth-order valence-electron chi connectivity index (χ4n) is 1.56. The van der Waals surface area contributed by atoms with Crippen LogP contribution in [0.1, 0.15) is 31.1 Å². The maximum absolute atomic E-state index is 12.0. The van der Waals surface area contributed by atoms with E-state index in [-0.39, 0.29) is 17.5 Å². The molecule has 0 saturated heterocycles. The molecule has 6 heteroatoms. The SMILES string of the molecule is COc1ccc(N)cc1C(=O)OC(C)C(=O)NC(C)C. The fourth-order valence-corrected chi connectivity index (χ4v) is 1.56. The van der Waals surface area contributed by atoms with Gasteiger partial charge in [-0.25, -0.2) is 4.79 Å². The highest BCUT2D eigenvalue weighted by atomic mass is 16.5. The minimum atomic E-state index is -0.893. The molecule has 110 valence electrons. The summed E-state index contributed by atoms with van der Waals surface area (Å²) in [5.74, 6) is -0.655. The maximum atomic E-state index is 12.0. The second-order valence-electron chi connectivity index (χ2n) is 4.67. The molecule has 0 bridgehead atoms. The van der Waals surface area contributed by atoms with E-state index in [4.69, 9.17) is 15.2 Å². The first kappa shape index (κ1) is 15.8. The lowest BCUT2D eigenvalue weighted by Crippen LogP contribution is -2.39. The van der Waals surface area contributed by atoms with Crippen molar-refractivity contribution in [1.82, 2.24) is 5.32 Å². The van der Waals surface area contributed by atoms with Crippen LogP contribution in [0.25, 0.3) is 0 Å². The number of carbonyl (C=O) groups is 2. The Labute approximate surface area is 118 Å². The quantitative estimate of drug-likeness (QED) is 0.627. The third-order valence-corrected chi connectivity index (χ3v) is 2.53. The standard InChI is InChI=1S/C14H20N2O4/c1-8(2)16-13(17)9(3)20-14(18)11-7-10(15)5-6-12(11)19-4/h5-9H,15H2,1-4H3,(H,16,17). The summed E-state index contributed by atoms with van der Waals surface area (Å²) >= 11 is 0. The number of carbonyl (C=O) groups excluding carboxylic acids is 2. The summed E-state index contributed by atoms with van der Waals surface area (Å²) in [6.45, 7) is 5.16. The molecule has 0 saturated carbocycles. The first-order valence-electron chi connectivity index (χ1n) is 6.30. The van der Waals surface area contributed by atoms with E-state index in [1.54, 1.807) is 12.1 Å². The van der Waals surface area contributed by atoms with Crippen molar-refractivity contribution < 1.29 is 19.1 Å². The third kappa shape index (κ3) is 4.15. The maximum Gasteiger partial charge on any atom is 0.342 e. The molecule has 3 N–H and O–H groups in total. The van der Waals surface area contributed by atoms with Gasteiger partial charge in [0.2, 0.25) is 0 Å². The van der Waals surface area contributed by atoms with E-state index in [0.717, 1.165) is 0 Å². The summed E-state index contributed by atoms with van der Waals surface area (Å²) in [4.78, 5) is 23.7. The second-order valence-corrected chi connectivity index (χ2v) is 4.67. The number of esters is 1. The van der Waals surface area contributed by atoms with Gasteiger partial charge in [0.1, 0.15) is 11.3 Å². The zero-order valence-corrected chi connectivity index (χ0v) is 12.1. The Morgan fingerprint density at radius 1 is 1.25 bits per heavy atom. The van der Waals surface area contributed by atoms with Gasteiger partial charge in [0, 0.05) is 11.7 Å². The Morgan fingerprint density at radius 3 is 2.45 bits per heavy atom. The van der Waals surface area contributed by atoms with E-state index in [0.29, 0.717) is 11.4 Å². The number of methoxy groups -OCH3 is 1. The lowest BCUT2D eigenvalue weighted by Gasteiger charge is -2.16. The summed E-state index contributed by atoms with van der Waals surface area (Å²) < 4.78 is 10.2. The van der Waals surface area contributed by atoms with E-state index in [1.807, 2.05) is 13.8 Å². The van der Waals surface area contributed by atoms with Crippen molar-refractivity contribution in [1.29, 1.82) is 0 Å². The number of anilines is 1. The van der Waals surface area contributed by atoms with Crippen LogP contribution in [-0.2, 0) is 9.53 Å². The normalized spacial score (nSPS) is 11.8. The Bertz CT molecular complexity index is 500. The smallest absolute Gasteiger partial charge is 0.342 e. The highest BCUT2D eigenvalue weighted by molar-refractivity contribution is 5.95. The highest BCUT2D eigenvalue weighted by Crippen LogP contribution is 2.22. The molecular formula is C14H20N2O4. The van der Waals surface area contributed by atoms with Gasteiger partial charge in [0.15, 0.2) is 6.10 Å². The summed E-state index contributed by atoms with van der Waals surface area (Å²) in [5.41, 5.74) is 6.24. The van der Waals surface area contributed by atoms with E-state index >= 15 is 0 Å². The first-order chi connectivity index (χ1) is 9.35. The fraction of sp³-hybridized carbons (Fsp3) is 0.429. The topological polar surface area (TPSA) is 90.7 Å². The van der Waals surface area contributed by atoms with Crippen molar-refractivity contribution in [3.8, 4) is 5.75 Å². The van der Waals surface area contributed by atoms with Crippen LogP contribution in [0.15, 0.2) is 18.2 Å². The number of hydrogen-bond acceptors (Lipinski definition) is 5. The molecule has 0 aliphatic rings. The minimum Gasteiger partial charge on any atom is -0.496 e. The van der Waals surface area contributed by atoms with Crippen molar-refractivity contribution >= 4 is 17.6 Å². The van der Waals surface area contributed by atoms with Crippen LogP contribution in [0.3, 0.4) is 0 Å². The van der Waals surface area contributed by atoms with Crippen molar-refractivity contribution in [3.05, 3.63) is 23.8 Å². The lowest BCUT2D eigenvalue weighted by molar-refractivity contribution is -0.129. The Hall–Kier alpha value is -2.24. The molecule has 0 fully saturated rings. The van der Waals surface area contributed by atoms with Gasteiger partial charge in [0.05, 0.1) is 7.11 Å². The Kier molecular flexibility index (Phi) is 5.37. The molecule has 1 amide bonds. The Balaban J connectivity index is 2.81. The third-order valence-electron chi connectivity index (χ3n) is 2.53. The summed E-state index contributed by atoms with van der Waals surface area (Å²) in [6.07, 6.45) is -0.893. The summed E-state index contributed by atoms with van der Waals surface area (Å²) in [6, 6.07) is 4.62. The number of nitrogen functional groups attached to an aromatic ring is 1. The zero-order valence-electron chi connectivity index (χ0n) is 12.1. The molecule has 1 aromatic rings. The van der Waals surface area contributed by atoms with E-state index < -0.39 is 12.1 Å². The van der Waals surface area contributed by atoms with Gasteiger partial charge in [-0.05, 0) is 39.0 Å². The predicted molar refractivity (Wildman–Crippen MR) is 75.6 cm³/mol. The average molecular weight is 280 g/mol. The molecule has 1 rings (SSSR count). The van der Waals surface area contributed by atoms with Crippen LogP contribution in [-0.4, -0.2) is 31.1 Å². The molecule has 0 aromatic heterocycles. The van der Waals surface area contributed by atoms with Crippen molar-refractivity contribution in [2.24, 2.45) is 0 Å². The molecule has 0 heterocycles. The molecule has 20 heavy (non-hydrogen) atoms. The molecule has 0 aliphatic heterocycles. The van der Waals surface area contributed by atoms with Gasteiger partial charge < -0.3 is 20.5 Å². The van der Waals surface area contributed by atoms with Crippen molar-refractivity contribution in [2.75, 3.05) is 12.8 Å². The van der Waals surface area contributed by atoms with Crippen LogP contribution in [0.2, 0.25) is 0 Å². The van der Waals surface area contributed by atoms with Crippen LogP contribution >= 0.6 is 0 Å². The minimum absolute atomic E-state index is 0.0226. The molecule has 0 spiro atoms. The number of ether oxygens (including phenoxy) is 2. The predicted octanol–water partition coefficient (Wildman–Crippen LogP) is 1.35. The summed E-state index contributed by atoms with van der Waals surface area (Å²) in [7, 11) is 1.44. The molecular weight excluding hydrogens is 260 g/mol. The molecule has 0 aliphatic carbocycles. The van der Waals surface area contributed by atoms with Gasteiger partial charge in [-0.3, -0.25) is 4.79 Å². The van der Waals surface area contributed by atoms with Gasteiger partial charge in [-0.15, -0.1) is 0 Å². The molecule has 0 radical (unpaired) electrons. The largest absolute Gasteiger partial charge is 0.496 e. The van der Waals surface area contributed by atoms with Crippen LogP contribution in [0, 0.1) is 0 Å². The van der Waals surface area contributed by atoms with E-state index in [2.05, 4.69) is 5.32 Å². The molecule has 6 nitrogen and oxygen atoms in total. The van der Waals surface area contributed by atoms with Crippen LogP contribution < -0.4 is 15.8 Å². The highest BCUT2D eigenvalue weighted by Gasteiger charge is 2.21. The lowest BCUT2D eigenvalue weighted by atomic mass is 10.2. The molecule has 1 unspecified atom stereocenters. The number of rotatable bonds is 5. The zero-order chi connectivity index (χ0) is 15.3. The van der Waals surface area contributed by atoms with E-state index in [9.17, 15) is 9.59 Å². The molecule has 1 aromatic carbocycles. The number of benzene rings is 1.